The number of nitrogens with zero attached hydrogens (tertiary/aromatic N) is 4. The van der Waals surface area contributed by atoms with Crippen LogP contribution in [0, 0.1) is 23.0 Å². The smallest absolute Gasteiger partial charge is 0.271 e. The van der Waals surface area contributed by atoms with Crippen LogP contribution in [-0.2, 0) is 11.3 Å². The molecular weight excluding hydrogens is 480 g/mol. The Kier molecular flexibility index (Phi) is 8.96. The van der Waals surface area contributed by atoms with Crippen LogP contribution in [0.5, 0.6) is 0 Å². The molecule has 1 atom stereocenters. The van der Waals surface area contributed by atoms with Crippen molar-refractivity contribution in [2.75, 3.05) is 11.1 Å². The number of nitrogens with one attached hydrogen (secondary N) is 2. The minimum Gasteiger partial charge on any atom is -0.342 e. The Morgan fingerprint density at radius 2 is 1.92 bits per heavy atom. The fourth-order valence-corrected chi connectivity index (χ4v) is 4.21. The first-order valence-corrected chi connectivity index (χ1v) is 12.3. The summed E-state index contributed by atoms with van der Waals surface area (Å²) in [5.41, 5.74) is 1.54. The van der Waals surface area contributed by atoms with Crippen LogP contribution in [0.1, 0.15) is 41.6 Å². The molecule has 188 valence electrons. The van der Waals surface area contributed by atoms with E-state index in [4.69, 9.17) is 0 Å². The van der Waals surface area contributed by atoms with Crippen LogP contribution in [0.25, 0.3) is 0 Å². The molecule has 2 N–H and O–H groups in total. The summed E-state index contributed by atoms with van der Waals surface area (Å²) in [4.78, 5) is 35.9. The van der Waals surface area contributed by atoms with Crippen molar-refractivity contribution in [2.45, 2.75) is 38.5 Å². The molecule has 0 saturated heterocycles. The highest BCUT2D eigenvalue weighted by atomic mass is 32.2. The molecule has 0 aliphatic heterocycles. The molecule has 0 bridgehead atoms. The number of carbonyl (C=O) groups excluding carboxylic acids is 2. The van der Waals surface area contributed by atoms with E-state index in [1.807, 2.05) is 24.5 Å². The van der Waals surface area contributed by atoms with E-state index >= 15 is 0 Å². The van der Waals surface area contributed by atoms with Crippen LogP contribution in [0.3, 0.4) is 0 Å². The predicted molar refractivity (Wildman–Crippen MR) is 139 cm³/mol. The topological polar surface area (TPSA) is 132 Å². The van der Waals surface area contributed by atoms with Crippen molar-refractivity contribution in [3.63, 3.8) is 0 Å². The normalized spacial score (nSPS) is 11.7. The van der Waals surface area contributed by atoms with E-state index in [0.29, 0.717) is 34.3 Å². The number of amides is 2. The summed E-state index contributed by atoms with van der Waals surface area (Å²) in [5, 5.41) is 25.9. The molecule has 1 aromatic heterocycles. The van der Waals surface area contributed by atoms with Gasteiger partial charge in [-0.3, -0.25) is 19.7 Å². The van der Waals surface area contributed by atoms with E-state index in [1.54, 1.807) is 43.3 Å². The number of nitro benzene ring substituents is 1. The van der Waals surface area contributed by atoms with Gasteiger partial charge < -0.3 is 15.2 Å². The molecule has 3 rings (SSSR count). The number of hydrogen-bond acceptors (Lipinski definition) is 7. The zero-order chi connectivity index (χ0) is 26.2. The first-order chi connectivity index (χ1) is 17.2. The van der Waals surface area contributed by atoms with Crippen molar-refractivity contribution in [1.29, 1.82) is 0 Å². The van der Waals surface area contributed by atoms with Crippen molar-refractivity contribution in [2.24, 2.45) is 5.92 Å². The third-order valence-corrected chi connectivity index (χ3v) is 6.33. The van der Waals surface area contributed by atoms with E-state index in [9.17, 15) is 19.7 Å². The number of hydrogen-bond donors (Lipinski definition) is 2. The van der Waals surface area contributed by atoms with Crippen molar-refractivity contribution < 1.29 is 14.5 Å². The molecular formula is C25H28N6O4S. The molecule has 3 aromatic rings. The zero-order valence-corrected chi connectivity index (χ0v) is 21.1. The first-order valence-electron chi connectivity index (χ1n) is 11.3. The highest BCUT2D eigenvalue weighted by molar-refractivity contribution is 7.99. The molecule has 1 heterocycles. The Bertz CT molecular complexity index is 1260. The lowest BCUT2D eigenvalue weighted by Gasteiger charge is -2.22. The Balaban J connectivity index is 1.75. The summed E-state index contributed by atoms with van der Waals surface area (Å²) in [6, 6.07) is 12.8. The predicted octanol–water partition coefficient (Wildman–Crippen LogP) is 4.54. The van der Waals surface area contributed by atoms with E-state index in [0.717, 1.165) is 0 Å². The highest BCUT2D eigenvalue weighted by Gasteiger charge is 2.26. The van der Waals surface area contributed by atoms with Crippen LogP contribution >= 0.6 is 11.8 Å². The van der Waals surface area contributed by atoms with E-state index in [-0.39, 0.29) is 29.2 Å². The quantitative estimate of drug-likeness (QED) is 0.168. The monoisotopic (exact) mass is 508 g/mol. The first kappa shape index (κ1) is 26.6. The van der Waals surface area contributed by atoms with Gasteiger partial charge in [0.1, 0.15) is 0 Å². The Labute approximate surface area is 213 Å². The molecule has 0 fully saturated rings. The van der Waals surface area contributed by atoms with Gasteiger partial charge >= 0.3 is 0 Å². The number of allylic oxidation sites excluding steroid dienone is 1. The highest BCUT2D eigenvalue weighted by Crippen LogP contribution is 2.27. The minimum atomic E-state index is -0.509. The van der Waals surface area contributed by atoms with Crippen LogP contribution in [-0.4, -0.2) is 37.3 Å². The maximum atomic E-state index is 12.8. The minimum absolute atomic E-state index is 0.0140. The van der Waals surface area contributed by atoms with Crippen molar-refractivity contribution in [1.82, 2.24) is 20.1 Å². The zero-order valence-electron chi connectivity index (χ0n) is 20.3. The molecule has 36 heavy (non-hydrogen) atoms. The Morgan fingerprint density at radius 1 is 1.19 bits per heavy atom. The number of anilines is 1. The van der Waals surface area contributed by atoms with Crippen LogP contribution in [0.15, 0.2) is 66.3 Å². The van der Waals surface area contributed by atoms with Gasteiger partial charge in [-0.15, -0.1) is 16.8 Å². The lowest BCUT2D eigenvalue weighted by molar-refractivity contribution is -0.384. The molecule has 0 spiro atoms. The van der Waals surface area contributed by atoms with Gasteiger partial charge in [0, 0.05) is 24.2 Å². The average Bonchev–Trinajstić information content (AvgIpc) is 3.25. The van der Waals surface area contributed by atoms with Gasteiger partial charge in [-0.05, 0) is 30.5 Å². The molecule has 0 saturated carbocycles. The summed E-state index contributed by atoms with van der Waals surface area (Å²) in [5.74, 6) is 0.0367. The number of non-ortho nitro benzene ring substituents is 1. The summed E-state index contributed by atoms with van der Waals surface area (Å²) in [7, 11) is 0. The standard InChI is InChI=1S/C25H28N6O4S/c1-5-13-30-23(22(16(2)3)27-24(33)18-9-7-6-8-10-18)28-29-25(30)36-15-21(32)26-20-14-19(31(34)35)12-11-17(20)4/h5-12,14,16,22H,1,13,15H2,2-4H3,(H,26,32)(H,27,33)/t22-/m0/s1. The van der Waals surface area contributed by atoms with Crippen LogP contribution in [0.4, 0.5) is 11.4 Å². The molecule has 0 aliphatic rings. The lowest BCUT2D eigenvalue weighted by atomic mass is 10.0. The molecule has 2 amide bonds. The number of carbonyl (C=O) groups is 2. The molecule has 11 heteroatoms. The summed E-state index contributed by atoms with van der Waals surface area (Å²) in [6.07, 6.45) is 1.69. The third-order valence-electron chi connectivity index (χ3n) is 5.36. The van der Waals surface area contributed by atoms with E-state index < -0.39 is 11.0 Å². The number of thioether (sulfide) groups is 1. The van der Waals surface area contributed by atoms with E-state index in [1.165, 1.54) is 23.9 Å². The second-order valence-electron chi connectivity index (χ2n) is 8.39. The summed E-state index contributed by atoms with van der Waals surface area (Å²) >= 11 is 1.18. The SMILES string of the molecule is C=CCn1c(SCC(=O)Nc2cc([N+](=O)[O-])ccc2C)nnc1[C@@H](NC(=O)c1ccccc1)C(C)C. The summed E-state index contributed by atoms with van der Waals surface area (Å²) < 4.78 is 1.82. The molecule has 10 nitrogen and oxygen atoms in total. The fraction of sp³-hybridized carbons (Fsp3) is 0.280. The Hall–Kier alpha value is -3.99. The summed E-state index contributed by atoms with van der Waals surface area (Å²) in [6.45, 7) is 9.91. The van der Waals surface area contributed by atoms with Gasteiger partial charge in [0.05, 0.1) is 22.4 Å². The fourth-order valence-electron chi connectivity index (χ4n) is 3.46. The van der Waals surface area contributed by atoms with Crippen molar-refractivity contribution in [3.05, 3.63) is 88.3 Å². The second kappa shape index (κ2) is 12.1. The van der Waals surface area contributed by atoms with Gasteiger partial charge in [-0.25, -0.2) is 0 Å². The number of aromatic nitrogens is 3. The molecule has 0 radical (unpaired) electrons. The second-order valence-corrected chi connectivity index (χ2v) is 9.34. The van der Waals surface area contributed by atoms with Crippen LogP contribution < -0.4 is 10.6 Å². The van der Waals surface area contributed by atoms with Gasteiger partial charge in [0.2, 0.25) is 5.91 Å². The van der Waals surface area contributed by atoms with Gasteiger partial charge in [0.15, 0.2) is 11.0 Å². The van der Waals surface area contributed by atoms with Gasteiger partial charge in [0.25, 0.3) is 11.6 Å². The van der Waals surface area contributed by atoms with E-state index in [2.05, 4.69) is 27.4 Å². The maximum absolute atomic E-state index is 12.8. The number of aryl methyl sites for hydroxylation is 1. The third kappa shape index (κ3) is 6.57. The largest absolute Gasteiger partial charge is 0.342 e. The van der Waals surface area contributed by atoms with Gasteiger partial charge in [-0.2, -0.15) is 0 Å². The number of rotatable bonds is 11. The number of nitro groups is 1. The van der Waals surface area contributed by atoms with Crippen molar-refractivity contribution >= 4 is 35.0 Å². The molecule has 0 unspecified atom stereocenters. The molecule has 2 aromatic carbocycles. The molecule has 0 aliphatic carbocycles. The van der Waals surface area contributed by atoms with Crippen LogP contribution in [0.2, 0.25) is 0 Å². The Morgan fingerprint density at radius 3 is 2.56 bits per heavy atom. The average molecular weight is 509 g/mol. The van der Waals surface area contributed by atoms with Crippen molar-refractivity contribution in [3.8, 4) is 0 Å². The lowest BCUT2D eigenvalue weighted by Crippen LogP contribution is -2.33. The maximum Gasteiger partial charge on any atom is 0.271 e. The van der Waals surface area contributed by atoms with Gasteiger partial charge in [-0.1, -0.05) is 56.0 Å². The number of benzene rings is 2.